The molecule has 0 atom stereocenters. The lowest BCUT2D eigenvalue weighted by atomic mass is 10.2. The molecule has 4 nitrogen and oxygen atoms in total. The molecule has 0 spiro atoms. The van der Waals surface area contributed by atoms with Crippen molar-refractivity contribution in [1.82, 2.24) is 9.55 Å². The number of phenolic OH excluding ortho intramolecular Hbond substituents is 1. The predicted octanol–water partition coefficient (Wildman–Crippen LogP) is 6.33. The second kappa shape index (κ2) is 7.37. The number of phenols is 1. The fraction of sp³-hybridized carbons (Fsp3) is 0. The second-order valence-electron chi connectivity index (χ2n) is 6.86. The van der Waals surface area contributed by atoms with E-state index >= 15 is 0 Å². The number of fused-ring (bicyclic) bond motifs is 1. The van der Waals surface area contributed by atoms with Gasteiger partial charge in [0.2, 0.25) is 0 Å². The Morgan fingerprint density at radius 1 is 0.767 bits per heavy atom. The molecule has 1 N–H and O–H groups in total. The van der Waals surface area contributed by atoms with Gasteiger partial charge in [0.1, 0.15) is 28.9 Å². The van der Waals surface area contributed by atoms with Gasteiger partial charge in [-0.1, -0.05) is 18.2 Å². The molecule has 5 heteroatoms. The summed E-state index contributed by atoms with van der Waals surface area (Å²) < 4.78 is 21.5. The van der Waals surface area contributed by atoms with Crippen LogP contribution >= 0.6 is 0 Å². The van der Waals surface area contributed by atoms with Crippen molar-refractivity contribution in [1.29, 1.82) is 0 Å². The van der Waals surface area contributed by atoms with Gasteiger partial charge in [-0.25, -0.2) is 9.37 Å². The summed E-state index contributed by atoms with van der Waals surface area (Å²) in [6.45, 7) is 0. The third kappa shape index (κ3) is 3.37. The molecule has 146 valence electrons. The van der Waals surface area contributed by atoms with Crippen LogP contribution in [0, 0.1) is 5.82 Å². The fourth-order valence-electron chi connectivity index (χ4n) is 3.40. The number of aromatic hydroxyl groups is 1. The quantitative estimate of drug-likeness (QED) is 0.386. The van der Waals surface area contributed by atoms with Crippen LogP contribution in [-0.2, 0) is 0 Å². The number of ether oxygens (including phenoxy) is 1. The number of halogens is 1. The average molecular weight is 396 g/mol. The summed E-state index contributed by atoms with van der Waals surface area (Å²) in [5.41, 5.74) is 3.44. The number of benzene rings is 4. The predicted molar refractivity (Wildman–Crippen MR) is 115 cm³/mol. The van der Waals surface area contributed by atoms with Gasteiger partial charge in [0, 0.05) is 17.3 Å². The van der Waals surface area contributed by atoms with Gasteiger partial charge in [-0.2, -0.15) is 0 Å². The van der Waals surface area contributed by atoms with E-state index in [2.05, 4.69) is 0 Å². The van der Waals surface area contributed by atoms with Crippen molar-refractivity contribution >= 4 is 11.0 Å². The Hall–Kier alpha value is -4.12. The van der Waals surface area contributed by atoms with Crippen molar-refractivity contribution in [2.75, 3.05) is 0 Å². The lowest BCUT2D eigenvalue weighted by Crippen LogP contribution is -1.97. The van der Waals surface area contributed by atoms with Gasteiger partial charge in [0.05, 0.1) is 11.0 Å². The van der Waals surface area contributed by atoms with Gasteiger partial charge in [0.15, 0.2) is 0 Å². The van der Waals surface area contributed by atoms with E-state index in [0.29, 0.717) is 11.5 Å². The minimum absolute atomic E-state index is 0.184. The zero-order valence-electron chi connectivity index (χ0n) is 15.9. The van der Waals surface area contributed by atoms with Crippen LogP contribution < -0.4 is 4.74 Å². The highest BCUT2D eigenvalue weighted by Crippen LogP contribution is 2.32. The van der Waals surface area contributed by atoms with Gasteiger partial charge in [-0.05, 0) is 72.8 Å². The first-order valence-electron chi connectivity index (χ1n) is 9.48. The second-order valence-corrected chi connectivity index (χ2v) is 6.86. The minimum Gasteiger partial charge on any atom is -0.508 e. The van der Waals surface area contributed by atoms with Gasteiger partial charge in [-0.3, -0.25) is 4.57 Å². The third-order valence-corrected chi connectivity index (χ3v) is 4.82. The Labute approximate surface area is 172 Å². The molecule has 0 bridgehead atoms. The van der Waals surface area contributed by atoms with Gasteiger partial charge < -0.3 is 9.84 Å². The van der Waals surface area contributed by atoms with E-state index in [1.807, 2.05) is 53.1 Å². The minimum atomic E-state index is -0.286. The highest BCUT2D eigenvalue weighted by molar-refractivity contribution is 5.84. The van der Waals surface area contributed by atoms with Crippen LogP contribution in [0.2, 0.25) is 0 Å². The number of hydrogen-bond acceptors (Lipinski definition) is 3. The van der Waals surface area contributed by atoms with Crippen LogP contribution in [0.15, 0.2) is 97.1 Å². The summed E-state index contributed by atoms with van der Waals surface area (Å²) >= 11 is 0. The molecule has 5 aromatic rings. The third-order valence-electron chi connectivity index (χ3n) is 4.82. The lowest BCUT2D eigenvalue weighted by Gasteiger charge is -2.10. The van der Waals surface area contributed by atoms with E-state index in [1.54, 1.807) is 36.4 Å². The van der Waals surface area contributed by atoms with Crippen LogP contribution in [0.3, 0.4) is 0 Å². The molecule has 0 radical (unpaired) electrons. The van der Waals surface area contributed by atoms with E-state index in [1.165, 1.54) is 12.1 Å². The summed E-state index contributed by atoms with van der Waals surface area (Å²) in [5, 5.41) is 9.46. The monoisotopic (exact) mass is 396 g/mol. The SMILES string of the molecule is Oc1ccc(Oc2ccc3nc(-c4ccc(F)cc4)n(-c4ccccc4)c3c2)cc1. The highest BCUT2D eigenvalue weighted by atomic mass is 19.1. The zero-order chi connectivity index (χ0) is 20.5. The molecule has 30 heavy (non-hydrogen) atoms. The largest absolute Gasteiger partial charge is 0.508 e. The van der Waals surface area contributed by atoms with Crippen molar-refractivity contribution in [3.8, 4) is 34.3 Å². The first-order chi connectivity index (χ1) is 14.7. The van der Waals surface area contributed by atoms with Crippen LogP contribution in [0.4, 0.5) is 4.39 Å². The fourth-order valence-corrected chi connectivity index (χ4v) is 3.40. The molecule has 0 aliphatic heterocycles. The summed E-state index contributed by atoms with van der Waals surface area (Å²) in [4.78, 5) is 4.80. The zero-order valence-corrected chi connectivity index (χ0v) is 15.9. The molecule has 0 aliphatic carbocycles. The Balaban J connectivity index is 1.67. The van der Waals surface area contributed by atoms with Crippen molar-refractivity contribution in [2.24, 2.45) is 0 Å². The van der Waals surface area contributed by atoms with Crippen LogP contribution in [0.1, 0.15) is 0 Å². The van der Waals surface area contributed by atoms with Gasteiger partial charge in [0.25, 0.3) is 0 Å². The van der Waals surface area contributed by atoms with Crippen molar-refractivity contribution in [2.45, 2.75) is 0 Å². The van der Waals surface area contributed by atoms with E-state index in [0.717, 1.165) is 28.1 Å². The summed E-state index contributed by atoms with van der Waals surface area (Å²) in [6.07, 6.45) is 0. The highest BCUT2D eigenvalue weighted by Gasteiger charge is 2.15. The van der Waals surface area contributed by atoms with E-state index in [-0.39, 0.29) is 11.6 Å². The maximum Gasteiger partial charge on any atom is 0.145 e. The number of nitrogens with zero attached hydrogens (tertiary/aromatic N) is 2. The number of rotatable bonds is 4. The smallest absolute Gasteiger partial charge is 0.145 e. The number of hydrogen-bond donors (Lipinski definition) is 1. The van der Waals surface area contributed by atoms with Gasteiger partial charge >= 0.3 is 0 Å². The molecule has 0 saturated heterocycles. The topological polar surface area (TPSA) is 47.3 Å². The molecule has 0 fully saturated rings. The summed E-state index contributed by atoms with van der Waals surface area (Å²) in [5.74, 6) is 1.89. The lowest BCUT2D eigenvalue weighted by molar-refractivity contribution is 0.464. The van der Waals surface area contributed by atoms with Crippen molar-refractivity contribution < 1.29 is 14.2 Å². The number of para-hydroxylation sites is 1. The van der Waals surface area contributed by atoms with Gasteiger partial charge in [-0.15, -0.1) is 0 Å². The Kier molecular flexibility index (Phi) is 4.41. The normalized spacial score (nSPS) is 11.0. The van der Waals surface area contributed by atoms with E-state index < -0.39 is 0 Å². The Morgan fingerprint density at radius 2 is 1.47 bits per heavy atom. The van der Waals surface area contributed by atoms with Crippen LogP contribution in [0.25, 0.3) is 28.1 Å². The first kappa shape index (κ1) is 17.9. The molecule has 0 unspecified atom stereocenters. The molecule has 0 aliphatic rings. The molecular weight excluding hydrogens is 379 g/mol. The van der Waals surface area contributed by atoms with Crippen LogP contribution in [-0.4, -0.2) is 14.7 Å². The molecule has 5 rings (SSSR count). The molecule has 0 amide bonds. The Morgan fingerprint density at radius 3 is 2.20 bits per heavy atom. The van der Waals surface area contributed by atoms with Crippen molar-refractivity contribution in [3.63, 3.8) is 0 Å². The van der Waals surface area contributed by atoms with E-state index in [9.17, 15) is 9.50 Å². The maximum absolute atomic E-state index is 13.5. The molecular formula is C25H17FN2O2. The van der Waals surface area contributed by atoms with Crippen molar-refractivity contribution in [3.05, 3.63) is 103 Å². The molecule has 0 saturated carbocycles. The molecule has 1 heterocycles. The number of aromatic nitrogens is 2. The molecule has 4 aromatic carbocycles. The van der Waals surface area contributed by atoms with Crippen LogP contribution in [0.5, 0.6) is 17.2 Å². The molecule has 1 aromatic heterocycles. The van der Waals surface area contributed by atoms with E-state index in [4.69, 9.17) is 9.72 Å². The number of imidazole rings is 1. The summed E-state index contributed by atoms with van der Waals surface area (Å²) in [7, 11) is 0. The Bertz CT molecular complexity index is 1310. The standard InChI is InChI=1S/C25H17FN2O2/c26-18-8-6-17(7-9-18)25-27-23-15-14-22(30-21-12-10-20(29)11-13-21)16-24(23)28(25)19-4-2-1-3-5-19/h1-16,29H. The average Bonchev–Trinajstić information content (AvgIpc) is 3.15. The maximum atomic E-state index is 13.5. The first-order valence-corrected chi connectivity index (χ1v) is 9.48. The summed E-state index contributed by atoms with van der Waals surface area (Å²) in [6, 6.07) is 28.5.